The predicted molar refractivity (Wildman–Crippen MR) is 110 cm³/mol. The summed E-state index contributed by atoms with van der Waals surface area (Å²) in [7, 11) is 0. The number of nitrogens with one attached hydrogen (secondary N) is 1. The summed E-state index contributed by atoms with van der Waals surface area (Å²) in [6.45, 7) is 2.68. The first kappa shape index (κ1) is 21.4. The minimum absolute atomic E-state index is 0.00181. The van der Waals surface area contributed by atoms with Crippen LogP contribution in [0.5, 0.6) is 11.6 Å². The van der Waals surface area contributed by atoms with Gasteiger partial charge < -0.3 is 15.0 Å². The SMILES string of the molecule is CSc1ccc(Oc2ncc(F)cc2C(=O)NC2CCN(C(C)=O)CC2)cc1Cl. The van der Waals surface area contributed by atoms with E-state index in [9.17, 15) is 14.0 Å². The molecule has 1 aromatic heterocycles. The zero-order valence-electron chi connectivity index (χ0n) is 16.1. The van der Waals surface area contributed by atoms with E-state index in [1.807, 2.05) is 6.26 Å². The van der Waals surface area contributed by atoms with E-state index in [1.54, 1.807) is 23.1 Å². The molecule has 9 heteroatoms. The van der Waals surface area contributed by atoms with Crippen molar-refractivity contribution in [3.05, 3.63) is 46.9 Å². The molecular weight excluding hydrogens is 417 g/mol. The van der Waals surface area contributed by atoms with Gasteiger partial charge in [0, 0.05) is 37.0 Å². The van der Waals surface area contributed by atoms with Crippen molar-refractivity contribution in [2.75, 3.05) is 19.3 Å². The number of likely N-dealkylation sites (tertiary alicyclic amines) is 1. The van der Waals surface area contributed by atoms with Crippen molar-refractivity contribution in [2.24, 2.45) is 0 Å². The monoisotopic (exact) mass is 437 g/mol. The van der Waals surface area contributed by atoms with Gasteiger partial charge in [-0.05, 0) is 37.3 Å². The molecule has 0 unspecified atom stereocenters. The van der Waals surface area contributed by atoms with Gasteiger partial charge in [-0.3, -0.25) is 9.59 Å². The number of pyridine rings is 1. The number of amides is 2. The van der Waals surface area contributed by atoms with Crippen LogP contribution in [0.1, 0.15) is 30.1 Å². The molecule has 1 fully saturated rings. The zero-order valence-corrected chi connectivity index (χ0v) is 17.6. The van der Waals surface area contributed by atoms with Gasteiger partial charge in [-0.15, -0.1) is 11.8 Å². The second-order valence-electron chi connectivity index (χ2n) is 6.66. The molecule has 2 amide bonds. The van der Waals surface area contributed by atoms with E-state index in [0.717, 1.165) is 17.2 Å². The van der Waals surface area contributed by atoms with Crippen LogP contribution in [0.15, 0.2) is 35.4 Å². The number of thioether (sulfide) groups is 1. The number of nitrogens with zero attached hydrogens (tertiary/aromatic N) is 2. The summed E-state index contributed by atoms with van der Waals surface area (Å²) in [6.07, 6.45) is 4.17. The van der Waals surface area contributed by atoms with Crippen LogP contribution in [0.4, 0.5) is 4.39 Å². The van der Waals surface area contributed by atoms with Crippen LogP contribution in [0.2, 0.25) is 5.02 Å². The highest BCUT2D eigenvalue weighted by atomic mass is 35.5. The molecule has 0 spiro atoms. The number of benzene rings is 1. The largest absolute Gasteiger partial charge is 0.438 e. The fourth-order valence-electron chi connectivity index (χ4n) is 3.09. The number of aromatic nitrogens is 1. The van der Waals surface area contributed by atoms with Crippen LogP contribution in [-0.2, 0) is 4.79 Å². The van der Waals surface area contributed by atoms with Gasteiger partial charge in [0.2, 0.25) is 11.8 Å². The molecule has 6 nitrogen and oxygen atoms in total. The van der Waals surface area contributed by atoms with Gasteiger partial charge in [-0.2, -0.15) is 0 Å². The highest BCUT2D eigenvalue weighted by molar-refractivity contribution is 7.98. The van der Waals surface area contributed by atoms with Crippen LogP contribution in [0.3, 0.4) is 0 Å². The van der Waals surface area contributed by atoms with Gasteiger partial charge in [-0.25, -0.2) is 9.37 Å². The summed E-state index contributed by atoms with van der Waals surface area (Å²) in [4.78, 5) is 30.7. The van der Waals surface area contributed by atoms with Crippen LogP contribution in [0.25, 0.3) is 0 Å². The highest BCUT2D eigenvalue weighted by Gasteiger charge is 2.24. The second-order valence-corrected chi connectivity index (χ2v) is 7.91. The smallest absolute Gasteiger partial charge is 0.257 e. The molecule has 0 saturated carbocycles. The summed E-state index contributed by atoms with van der Waals surface area (Å²) in [6, 6.07) is 6.12. The maximum absolute atomic E-state index is 13.8. The number of carbonyl (C=O) groups is 2. The van der Waals surface area contributed by atoms with Crippen molar-refractivity contribution in [3.63, 3.8) is 0 Å². The average Bonchev–Trinajstić information content (AvgIpc) is 2.70. The lowest BCUT2D eigenvalue weighted by Crippen LogP contribution is -2.46. The molecule has 0 aliphatic carbocycles. The maximum Gasteiger partial charge on any atom is 0.257 e. The van der Waals surface area contributed by atoms with E-state index in [2.05, 4.69) is 10.3 Å². The fraction of sp³-hybridized carbons (Fsp3) is 0.350. The van der Waals surface area contributed by atoms with E-state index in [1.165, 1.54) is 18.7 Å². The lowest BCUT2D eigenvalue weighted by atomic mass is 10.0. The normalized spacial score (nSPS) is 14.6. The summed E-state index contributed by atoms with van der Waals surface area (Å²) in [5.74, 6) is -0.690. The summed E-state index contributed by atoms with van der Waals surface area (Å²) >= 11 is 7.70. The van der Waals surface area contributed by atoms with Crippen LogP contribution in [0, 0.1) is 5.82 Å². The molecule has 2 heterocycles. The van der Waals surface area contributed by atoms with Crippen molar-refractivity contribution >= 4 is 35.2 Å². The lowest BCUT2D eigenvalue weighted by Gasteiger charge is -2.31. The van der Waals surface area contributed by atoms with Crippen molar-refractivity contribution in [2.45, 2.75) is 30.7 Å². The Kier molecular flexibility index (Phi) is 6.97. The van der Waals surface area contributed by atoms with Gasteiger partial charge in [-0.1, -0.05) is 11.6 Å². The van der Waals surface area contributed by atoms with Crippen LogP contribution >= 0.6 is 23.4 Å². The maximum atomic E-state index is 13.8. The third-order valence-electron chi connectivity index (χ3n) is 4.68. The first-order valence-corrected chi connectivity index (χ1v) is 10.7. The predicted octanol–water partition coefficient (Wildman–Crippen LogP) is 4.13. The number of hydrogen-bond acceptors (Lipinski definition) is 5. The molecule has 2 aromatic rings. The summed E-state index contributed by atoms with van der Waals surface area (Å²) in [5.41, 5.74) is 0.00376. The van der Waals surface area contributed by atoms with E-state index >= 15 is 0 Å². The van der Waals surface area contributed by atoms with Crippen molar-refractivity contribution in [1.29, 1.82) is 0 Å². The van der Waals surface area contributed by atoms with E-state index in [0.29, 0.717) is 36.7 Å². The van der Waals surface area contributed by atoms with E-state index < -0.39 is 11.7 Å². The summed E-state index contributed by atoms with van der Waals surface area (Å²) < 4.78 is 19.5. The van der Waals surface area contributed by atoms with Crippen molar-refractivity contribution < 1.29 is 18.7 Å². The Labute approximate surface area is 177 Å². The molecule has 1 saturated heterocycles. The first-order chi connectivity index (χ1) is 13.9. The minimum Gasteiger partial charge on any atom is -0.438 e. The van der Waals surface area contributed by atoms with Gasteiger partial charge in [0.1, 0.15) is 17.1 Å². The molecule has 3 rings (SSSR count). The van der Waals surface area contributed by atoms with Gasteiger partial charge in [0.15, 0.2) is 0 Å². The molecule has 0 bridgehead atoms. The molecule has 1 aliphatic heterocycles. The molecule has 1 N–H and O–H groups in total. The van der Waals surface area contributed by atoms with Crippen LogP contribution < -0.4 is 10.1 Å². The quantitative estimate of drug-likeness (QED) is 0.712. The Balaban J connectivity index is 1.74. The van der Waals surface area contributed by atoms with Gasteiger partial charge in [0.05, 0.1) is 11.2 Å². The third-order valence-corrected chi connectivity index (χ3v) is 5.90. The van der Waals surface area contributed by atoms with Gasteiger partial charge in [0.25, 0.3) is 5.91 Å². The fourth-order valence-corrected chi connectivity index (χ4v) is 3.95. The summed E-state index contributed by atoms with van der Waals surface area (Å²) in [5, 5.41) is 3.40. The highest BCUT2D eigenvalue weighted by Crippen LogP contribution is 2.32. The van der Waals surface area contributed by atoms with Crippen molar-refractivity contribution in [1.82, 2.24) is 15.2 Å². The Morgan fingerprint density at radius 2 is 2.03 bits per heavy atom. The van der Waals surface area contributed by atoms with E-state index in [-0.39, 0.29) is 23.4 Å². The molecule has 154 valence electrons. The molecular formula is C20H21ClFN3O3S. The van der Waals surface area contributed by atoms with Crippen LogP contribution in [-0.4, -0.2) is 47.1 Å². The molecule has 1 aliphatic rings. The Hall–Kier alpha value is -2.32. The molecule has 1 aromatic carbocycles. The second kappa shape index (κ2) is 9.45. The van der Waals surface area contributed by atoms with Crippen molar-refractivity contribution in [3.8, 4) is 11.6 Å². The number of ether oxygens (including phenoxy) is 1. The average molecular weight is 438 g/mol. The number of hydrogen-bond donors (Lipinski definition) is 1. The van der Waals surface area contributed by atoms with Gasteiger partial charge >= 0.3 is 0 Å². The number of piperidine rings is 1. The molecule has 0 radical (unpaired) electrons. The van der Waals surface area contributed by atoms with E-state index in [4.69, 9.17) is 16.3 Å². The Bertz CT molecular complexity index is 920. The molecule has 0 atom stereocenters. The zero-order chi connectivity index (χ0) is 21.0. The third kappa shape index (κ3) is 5.39. The number of carbonyl (C=O) groups excluding carboxylic acids is 2. The Morgan fingerprint density at radius 1 is 1.31 bits per heavy atom. The standard InChI is InChI=1S/C20H21ClFN3O3S/c1-12(26)25-7-5-14(6-8-25)24-19(27)16-9-13(22)11-23-20(16)28-15-3-4-18(29-2)17(21)10-15/h3-4,9-11,14H,5-8H2,1-2H3,(H,24,27). The lowest BCUT2D eigenvalue weighted by molar-refractivity contribution is -0.129. The molecule has 29 heavy (non-hydrogen) atoms. The Morgan fingerprint density at radius 3 is 2.66 bits per heavy atom. The first-order valence-electron chi connectivity index (χ1n) is 9.10. The number of rotatable bonds is 5. The topological polar surface area (TPSA) is 71.5 Å². The minimum atomic E-state index is -0.635. The number of halogens is 2.